The Labute approximate surface area is 158 Å². The highest BCUT2D eigenvalue weighted by atomic mass is 19.1. The van der Waals surface area contributed by atoms with E-state index in [0.717, 1.165) is 5.56 Å². The minimum Gasteiger partial charge on any atom is -0.481 e. The van der Waals surface area contributed by atoms with Gasteiger partial charge in [0.05, 0.1) is 0 Å². The Morgan fingerprint density at radius 3 is 2.22 bits per heavy atom. The molecular formula is C20H24FN3O3. The van der Waals surface area contributed by atoms with Crippen molar-refractivity contribution in [3.8, 4) is 5.75 Å². The summed E-state index contributed by atoms with van der Waals surface area (Å²) in [7, 11) is 0. The predicted molar refractivity (Wildman–Crippen MR) is 102 cm³/mol. The van der Waals surface area contributed by atoms with Crippen LogP contribution in [-0.2, 0) is 11.3 Å². The second-order valence-electron chi connectivity index (χ2n) is 6.38. The van der Waals surface area contributed by atoms with Gasteiger partial charge in [-0.1, -0.05) is 12.1 Å². The summed E-state index contributed by atoms with van der Waals surface area (Å²) in [5, 5.41) is 8.25. The number of carbonyl (C=O) groups excluding carboxylic acids is 2. The lowest BCUT2D eigenvalue weighted by atomic mass is 10.2. The zero-order chi connectivity index (χ0) is 19.8. The highest BCUT2D eigenvalue weighted by Crippen LogP contribution is 2.13. The van der Waals surface area contributed by atoms with Crippen molar-refractivity contribution in [3.05, 3.63) is 59.9 Å². The van der Waals surface area contributed by atoms with Crippen LogP contribution in [0.1, 0.15) is 26.3 Å². The number of amides is 3. The number of hydrogen-bond acceptors (Lipinski definition) is 3. The SMILES string of the molecule is CC(C)NC(=O)Nc1ccc(CNC(=O)C(C)Oc2ccc(F)cc2)cc1. The summed E-state index contributed by atoms with van der Waals surface area (Å²) in [6.07, 6.45) is -0.712. The first kappa shape index (κ1) is 20.2. The molecule has 1 atom stereocenters. The third-order valence-electron chi connectivity index (χ3n) is 3.59. The van der Waals surface area contributed by atoms with E-state index < -0.39 is 6.10 Å². The van der Waals surface area contributed by atoms with E-state index in [-0.39, 0.29) is 23.8 Å². The Hall–Kier alpha value is -3.09. The smallest absolute Gasteiger partial charge is 0.319 e. The lowest BCUT2D eigenvalue weighted by Gasteiger charge is -2.15. The molecule has 2 rings (SSSR count). The molecule has 3 amide bonds. The van der Waals surface area contributed by atoms with Gasteiger partial charge in [0.1, 0.15) is 11.6 Å². The molecule has 0 heterocycles. The number of hydrogen-bond donors (Lipinski definition) is 3. The predicted octanol–water partition coefficient (Wildman–Crippen LogP) is 3.44. The molecule has 0 aliphatic rings. The van der Waals surface area contributed by atoms with Crippen molar-refractivity contribution in [2.45, 2.75) is 39.5 Å². The van der Waals surface area contributed by atoms with Crippen LogP contribution in [0.25, 0.3) is 0 Å². The van der Waals surface area contributed by atoms with Crippen LogP contribution < -0.4 is 20.7 Å². The van der Waals surface area contributed by atoms with Gasteiger partial charge in [0.15, 0.2) is 6.10 Å². The van der Waals surface area contributed by atoms with Gasteiger partial charge in [-0.15, -0.1) is 0 Å². The minimum atomic E-state index is -0.712. The van der Waals surface area contributed by atoms with E-state index in [4.69, 9.17) is 4.74 Å². The quantitative estimate of drug-likeness (QED) is 0.696. The molecule has 0 saturated heterocycles. The molecule has 2 aromatic carbocycles. The van der Waals surface area contributed by atoms with E-state index in [1.165, 1.54) is 24.3 Å². The van der Waals surface area contributed by atoms with Crippen molar-refractivity contribution >= 4 is 17.6 Å². The van der Waals surface area contributed by atoms with Crippen molar-refractivity contribution in [2.24, 2.45) is 0 Å². The molecule has 144 valence electrons. The van der Waals surface area contributed by atoms with Gasteiger partial charge >= 0.3 is 6.03 Å². The summed E-state index contributed by atoms with van der Waals surface area (Å²) in [6, 6.07) is 12.4. The van der Waals surface area contributed by atoms with Crippen LogP contribution in [0.3, 0.4) is 0 Å². The van der Waals surface area contributed by atoms with E-state index >= 15 is 0 Å². The molecule has 0 aliphatic carbocycles. The Balaban J connectivity index is 1.80. The van der Waals surface area contributed by atoms with Gasteiger partial charge in [0, 0.05) is 18.3 Å². The molecule has 0 saturated carbocycles. The molecule has 0 fully saturated rings. The zero-order valence-electron chi connectivity index (χ0n) is 15.6. The summed E-state index contributed by atoms with van der Waals surface area (Å²) >= 11 is 0. The van der Waals surface area contributed by atoms with Crippen molar-refractivity contribution < 1.29 is 18.7 Å². The highest BCUT2D eigenvalue weighted by Gasteiger charge is 2.14. The molecule has 27 heavy (non-hydrogen) atoms. The maximum Gasteiger partial charge on any atom is 0.319 e. The van der Waals surface area contributed by atoms with E-state index in [1.807, 2.05) is 26.0 Å². The van der Waals surface area contributed by atoms with Gasteiger partial charge < -0.3 is 20.7 Å². The number of carbonyl (C=O) groups is 2. The van der Waals surface area contributed by atoms with Crippen LogP contribution in [0.15, 0.2) is 48.5 Å². The van der Waals surface area contributed by atoms with Gasteiger partial charge in [0.25, 0.3) is 5.91 Å². The van der Waals surface area contributed by atoms with Gasteiger partial charge in [-0.2, -0.15) is 0 Å². The molecular weight excluding hydrogens is 349 g/mol. The zero-order valence-corrected chi connectivity index (χ0v) is 15.6. The van der Waals surface area contributed by atoms with Crippen LogP contribution in [0.2, 0.25) is 0 Å². The molecule has 0 radical (unpaired) electrons. The summed E-state index contributed by atoms with van der Waals surface area (Å²) < 4.78 is 18.4. The summed E-state index contributed by atoms with van der Waals surface area (Å²) in [6.45, 7) is 5.71. The van der Waals surface area contributed by atoms with Gasteiger partial charge in [-0.05, 0) is 62.7 Å². The average Bonchev–Trinajstić information content (AvgIpc) is 2.62. The number of rotatable bonds is 7. The third kappa shape index (κ3) is 6.97. The summed E-state index contributed by atoms with van der Waals surface area (Å²) in [5.41, 5.74) is 1.54. The molecule has 1 unspecified atom stereocenters. The van der Waals surface area contributed by atoms with Crippen LogP contribution in [0, 0.1) is 5.82 Å². The van der Waals surface area contributed by atoms with E-state index in [1.54, 1.807) is 19.1 Å². The third-order valence-corrected chi connectivity index (χ3v) is 3.59. The van der Waals surface area contributed by atoms with Crippen LogP contribution in [0.5, 0.6) is 5.75 Å². The molecule has 6 nitrogen and oxygen atoms in total. The number of nitrogens with one attached hydrogen (secondary N) is 3. The Kier molecular flexibility index (Phi) is 7.16. The second-order valence-corrected chi connectivity index (χ2v) is 6.38. The fourth-order valence-electron chi connectivity index (χ4n) is 2.24. The van der Waals surface area contributed by atoms with E-state index in [0.29, 0.717) is 18.0 Å². The molecule has 7 heteroatoms. The fourth-order valence-corrected chi connectivity index (χ4v) is 2.24. The molecule has 0 aliphatic heterocycles. The first-order chi connectivity index (χ1) is 12.8. The van der Waals surface area contributed by atoms with Crippen LogP contribution >= 0.6 is 0 Å². The molecule has 0 bridgehead atoms. The Morgan fingerprint density at radius 2 is 1.63 bits per heavy atom. The second kappa shape index (κ2) is 9.56. The molecule has 3 N–H and O–H groups in total. The normalized spacial score (nSPS) is 11.6. The monoisotopic (exact) mass is 373 g/mol. The first-order valence-corrected chi connectivity index (χ1v) is 8.70. The van der Waals surface area contributed by atoms with Crippen molar-refractivity contribution in [3.63, 3.8) is 0 Å². The van der Waals surface area contributed by atoms with Crippen LogP contribution in [0.4, 0.5) is 14.9 Å². The largest absolute Gasteiger partial charge is 0.481 e. The van der Waals surface area contributed by atoms with E-state index in [2.05, 4.69) is 16.0 Å². The summed E-state index contributed by atoms with van der Waals surface area (Å²) in [5.74, 6) is -0.217. The number of urea groups is 1. The van der Waals surface area contributed by atoms with Crippen molar-refractivity contribution in [1.82, 2.24) is 10.6 Å². The maximum atomic E-state index is 12.9. The van der Waals surface area contributed by atoms with Gasteiger partial charge in [-0.3, -0.25) is 4.79 Å². The lowest BCUT2D eigenvalue weighted by molar-refractivity contribution is -0.127. The molecule has 2 aromatic rings. The Morgan fingerprint density at radius 1 is 1.00 bits per heavy atom. The number of halogens is 1. The number of ether oxygens (including phenoxy) is 1. The van der Waals surface area contributed by atoms with Crippen molar-refractivity contribution in [1.29, 1.82) is 0 Å². The van der Waals surface area contributed by atoms with Gasteiger partial charge in [-0.25, -0.2) is 9.18 Å². The number of anilines is 1. The average molecular weight is 373 g/mol. The summed E-state index contributed by atoms with van der Waals surface area (Å²) in [4.78, 5) is 23.8. The first-order valence-electron chi connectivity index (χ1n) is 8.70. The molecule has 0 spiro atoms. The minimum absolute atomic E-state index is 0.0543. The topological polar surface area (TPSA) is 79.5 Å². The molecule has 0 aromatic heterocycles. The standard InChI is InChI=1S/C20H24FN3O3/c1-13(2)23-20(26)24-17-8-4-15(5-9-17)12-22-19(25)14(3)27-18-10-6-16(21)7-11-18/h4-11,13-14H,12H2,1-3H3,(H,22,25)(H2,23,24,26). The maximum absolute atomic E-state index is 12.9. The fraction of sp³-hybridized carbons (Fsp3) is 0.300. The van der Waals surface area contributed by atoms with Gasteiger partial charge in [0.2, 0.25) is 0 Å². The highest BCUT2D eigenvalue weighted by molar-refractivity contribution is 5.89. The van der Waals surface area contributed by atoms with Crippen molar-refractivity contribution in [2.75, 3.05) is 5.32 Å². The number of benzene rings is 2. The lowest BCUT2D eigenvalue weighted by Crippen LogP contribution is -2.36. The Bertz CT molecular complexity index is 761. The van der Waals surface area contributed by atoms with E-state index in [9.17, 15) is 14.0 Å². The van der Waals surface area contributed by atoms with Crippen LogP contribution in [-0.4, -0.2) is 24.1 Å².